The molecule has 33 heteroatoms. The summed E-state index contributed by atoms with van der Waals surface area (Å²) in [5, 5.41) is 26.0. The van der Waals surface area contributed by atoms with Crippen LogP contribution < -0.4 is 81.5 Å². The third kappa shape index (κ3) is 19.9. The van der Waals surface area contributed by atoms with E-state index in [9.17, 15) is 18.5 Å². The molecule has 28 nitrogen and oxygen atoms in total. The minimum Gasteiger partial charge on any atom is -0.494 e. The molecule has 130 heavy (non-hydrogen) atoms. The van der Waals surface area contributed by atoms with Crippen molar-refractivity contribution in [3.8, 4) is 23.0 Å². The maximum Gasteiger partial charge on any atom is 0.414 e. The summed E-state index contributed by atoms with van der Waals surface area (Å²) in [6, 6.07) is 34.3. The number of ether oxygens (including phenoxy) is 4. The quantitative estimate of drug-likeness (QED) is 0.0344. The number of benzene rings is 7. The number of nitrogens with one attached hydrogen (secondary N) is 6. The Kier molecular flexibility index (Phi) is 26.7. The van der Waals surface area contributed by atoms with Crippen LogP contribution in [0.5, 0.6) is 23.0 Å². The van der Waals surface area contributed by atoms with Gasteiger partial charge in [0, 0.05) is 168 Å². The zero-order valence-electron chi connectivity index (χ0n) is 78.1. The molecule has 4 aromatic heterocycles. The topological polar surface area (TPSA) is 282 Å². The molecular weight excluding hydrogens is 1740 g/mol. The average molecular weight is 1860 g/mol. The van der Waals surface area contributed by atoms with E-state index in [2.05, 4.69) is 161 Å². The number of piperidine rings is 3. The predicted molar refractivity (Wildman–Crippen MR) is 535 cm³/mol. The number of carbonyl (C=O) groups is 1. The highest BCUT2D eigenvalue weighted by Gasteiger charge is 2.46. The van der Waals surface area contributed by atoms with Crippen molar-refractivity contribution in [3.05, 3.63) is 166 Å². The molecule has 0 atom stereocenters. The largest absolute Gasteiger partial charge is 0.494 e. The fourth-order valence-corrected chi connectivity index (χ4v) is 25.5. The number of hydrogen-bond donors (Lipinski definition) is 6. The minimum atomic E-state index is -2.76. The van der Waals surface area contributed by atoms with E-state index in [4.69, 9.17) is 57.1 Å². The number of nitrogens with zero attached hydrogens (tertiary/aromatic N) is 14. The van der Waals surface area contributed by atoms with Gasteiger partial charge in [0.25, 0.3) is 0 Å². The van der Waals surface area contributed by atoms with Crippen LogP contribution >= 0.6 is 44.6 Å². The number of aryl methyl sites for hydroxylation is 5. The van der Waals surface area contributed by atoms with E-state index in [-0.39, 0.29) is 17.5 Å². The Bertz CT molecular complexity index is 6270. The maximum absolute atomic E-state index is 13.6. The Balaban J connectivity index is 0.000000143. The molecule has 6 saturated heterocycles. The van der Waals surface area contributed by atoms with Crippen molar-refractivity contribution in [2.45, 2.75) is 78.6 Å². The van der Waals surface area contributed by atoms with Crippen molar-refractivity contribution in [3.63, 3.8) is 0 Å². The van der Waals surface area contributed by atoms with Crippen LogP contribution in [0.3, 0.4) is 0 Å². The van der Waals surface area contributed by atoms with E-state index in [1.807, 2.05) is 91.8 Å². The highest BCUT2D eigenvalue weighted by Crippen LogP contribution is 2.51. The van der Waals surface area contributed by atoms with Gasteiger partial charge in [0.2, 0.25) is 17.8 Å². The SMILES string of the molecule is COc1cc(N2CCC3(CC2)CN(C)C3)c(C)cc1Nc1ncc(Cl)c(Nc2ccc3c(c2P(C)(C)=O)CCC3)n1.COc1cc(N2CCC3(CC2)CN(C)C3)c(C)cc1Nc1ncc(Cl)c(Nc2ccc3c(ccn3C)c2P(C)(C)=O)n1.COc1cc(N2CCC3(CC2)CN(C)C3)c(C)cc1Nc1ncc(OC(=O)N(C)C)c(Nc2ccc3ccccc3c2P(C)(C)=O)n1. The monoisotopic (exact) mass is 1860 g/mol. The lowest BCUT2D eigenvalue weighted by Crippen LogP contribution is -2.58. The van der Waals surface area contributed by atoms with Crippen molar-refractivity contribution in [2.24, 2.45) is 23.3 Å². The standard InChI is InChI=1S/C35H44N7O4P.C31H39ClN7O2P.C31H40ClN6O2P/c1-23-18-27(29(45-5)19-28(23)42-16-14-35(15-17-42)21-41(4)22-35)38-33-36-20-30(46-34(43)40(2)3)32(39-33)37-26-13-12-24-10-8-9-11-25(24)31(26)47(6,7)44;1-20-15-24(27(41-4)16-26(20)39-13-10-31(11-14-39)18-37(2)19-31)35-30-33-17-22(32)29(36-30)34-23-7-8-25-21(9-12-38(25)3)28(23)42(5,6)40;1-20-15-25(27(40-3)16-26(20)38-13-11-31(12-14-38)18-37(2)19-31)35-30-33-17-23(32)29(36-30)34-24-10-9-21-7-6-8-22(21)28(24)41(4,5)39/h8-13,18-20H,14-17,21-22H2,1-7H3,(H2,36,37,38,39);7-9,12,15-17H,10-11,13-14,18-19H2,1-6H3,(H2,33,34,35,36);9-10,15-17H,6-8,11-14,18-19H2,1-5H3,(H2,33,34,35,36). The number of halogens is 2. The molecule has 7 aliphatic rings. The van der Waals surface area contributed by atoms with Crippen LogP contribution in [0.15, 0.2) is 128 Å². The highest BCUT2D eigenvalue weighted by atomic mass is 35.5. The lowest BCUT2D eigenvalue weighted by Gasteiger charge is -2.53. The summed E-state index contributed by atoms with van der Waals surface area (Å²) in [6.07, 6.45) is 16.3. The van der Waals surface area contributed by atoms with Gasteiger partial charge in [0.05, 0.1) is 74.0 Å². The second-order valence-corrected chi connectivity index (χ2v) is 48.5. The molecule has 0 unspecified atom stereocenters. The number of aromatic nitrogens is 7. The lowest BCUT2D eigenvalue weighted by molar-refractivity contribution is 0.00124. The van der Waals surface area contributed by atoms with Gasteiger partial charge in [0.1, 0.15) is 48.7 Å². The van der Waals surface area contributed by atoms with E-state index in [0.717, 1.165) is 136 Å². The van der Waals surface area contributed by atoms with Crippen molar-refractivity contribution in [1.82, 2.24) is 54.1 Å². The zero-order valence-corrected chi connectivity index (χ0v) is 82.3. The van der Waals surface area contributed by atoms with E-state index >= 15 is 0 Å². The predicted octanol–water partition coefficient (Wildman–Crippen LogP) is 18.7. The van der Waals surface area contributed by atoms with Gasteiger partial charge in [-0.25, -0.2) is 19.7 Å². The summed E-state index contributed by atoms with van der Waals surface area (Å²) >= 11 is 13.1. The summed E-state index contributed by atoms with van der Waals surface area (Å²) in [5.41, 5.74) is 16.4. The Hall–Kier alpha value is -10.4. The molecule has 0 bridgehead atoms. The first-order valence-electron chi connectivity index (χ1n) is 44.6. The fraction of sp³-hybridized carbons (Fsp3) is 0.433. The number of rotatable bonds is 22. The van der Waals surface area contributed by atoms with Gasteiger partial charge in [-0.05, 0) is 243 Å². The molecule has 6 aliphatic heterocycles. The first-order chi connectivity index (χ1) is 61.9. The summed E-state index contributed by atoms with van der Waals surface area (Å²) in [6.45, 7) is 30.6. The van der Waals surface area contributed by atoms with Crippen LogP contribution in [0, 0.1) is 37.0 Å². The Morgan fingerprint density at radius 2 is 0.823 bits per heavy atom. The molecule has 10 heterocycles. The Morgan fingerprint density at radius 1 is 0.438 bits per heavy atom. The second-order valence-electron chi connectivity index (χ2n) is 38.2. The molecule has 11 aromatic rings. The molecule has 7 aromatic carbocycles. The molecule has 6 fully saturated rings. The fourth-order valence-electron chi connectivity index (χ4n) is 20.6. The molecule has 688 valence electrons. The van der Waals surface area contributed by atoms with Gasteiger partial charge >= 0.3 is 6.09 Å². The van der Waals surface area contributed by atoms with Crippen LogP contribution in [0.25, 0.3) is 21.7 Å². The van der Waals surface area contributed by atoms with Crippen LogP contribution in [0.4, 0.5) is 91.3 Å². The smallest absolute Gasteiger partial charge is 0.414 e. The van der Waals surface area contributed by atoms with Gasteiger partial charge < -0.3 is 103 Å². The van der Waals surface area contributed by atoms with Gasteiger partial charge in [-0.2, -0.15) is 15.0 Å². The number of amides is 1. The third-order valence-corrected chi connectivity index (χ3v) is 32.1. The van der Waals surface area contributed by atoms with Crippen LogP contribution in [-0.4, -0.2) is 235 Å². The minimum absolute atomic E-state index is 0.134. The molecule has 1 amide bonds. The molecular formula is C97H123Cl2N20O8P3. The number of anilines is 15. The summed E-state index contributed by atoms with van der Waals surface area (Å²) in [4.78, 5) is 56.1. The van der Waals surface area contributed by atoms with Crippen molar-refractivity contribution >= 4 is 175 Å². The number of fused-ring (bicyclic) bond motifs is 3. The number of hydrogen-bond acceptors (Lipinski definition) is 26. The van der Waals surface area contributed by atoms with Crippen LogP contribution in [0.1, 0.15) is 72.8 Å². The van der Waals surface area contributed by atoms with E-state index < -0.39 is 27.5 Å². The van der Waals surface area contributed by atoms with Gasteiger partial charge in [-0.1, -0.05) is 59.6 Å². The zero-order chi connectivity index (χ0) is 92.3. The Labute approximate surface area is 773 Å². The van der Waals surface area contributed by atoms with E-state index in [1.165, 1.54) is 117 Å². The maximum atomic E-state index is 13.6. The number of likely N-dealkylation sites (tertiary alicyclic amines) is 3. The summed E-state index contributed by atoms with van der Waals surface area (Å²) in [7, 11) is 8.86. The molecule has 0 saturated carbocycles. The second kappa shape index (κ2) is 37.3. The summed E-state index contributed by atoms with van der Waals surface area (Å²) < 4.78 is 65.5. The summed E-state index contributed by atoms with van der Waals surface area (Å²) in [5.74, 6) is 4.45. The van der Waals surface area contributed by atoms with E-state index in [0.29, 0.717) is 77.9 Å². The highest BCUT2D eigenvalue weighted by molar-refractivity contribution is 7.71. The normalized spacial score (nSPS) is 17.1. The van der Waals surface area contributed by atoms with Gasteiger partial charge in [-0.15, -0.1) is 0 Å². The first-order valence-corrected chi connectivity index (χ1v) is 53.1. The third-order valence-electron chi connectivity index (χ3n) is 26.8. The van der Waals surface area contributed by atoms with Crippen LogP contribution in [0.2, 0.25) is 10.0 Å². The molecule has 18 rings (SSSR count). The van der Waals surface area contributed by atoms with Gasteiger partial charge in [0.15, 0.2) is 23.2 Å². The number of carbonyl (C=O) groups excluding carboxylic acids is 1. The van der Waals surface area contributed by atoms with Crippen molar-refractivity contribution in [2.75, 3.05) is 222 Å². The van der Waals surface area contributed by atoms with Crippen LogP contribution in [-0.2, 0) is 33.6 Å². The molecule has 0 radical (unpaired) electrons. The van der Waals surface area contributed by atoms with Gasteiger partial charge in [-0.3, -0.25) is 0 Å². The lowest BCUT2D eigenvalue weighted by atomic mass is 9.72. The van der Waals surface area contributed by atoms with Crippen molar-refractivity contribution in [1.29, 1.82) is 0 Å². The van der Waals surface area contributed by atoms with Crippen molar-refractivity contribution < 1.29 is 37.4 Å². The Morgan fingerprint density at radius 3 is 1.24 bits per heavy atom. The number of methoxy groups -OCH3 is 3. The molecule has 6 N–H and O–H groups in total. The first kappa shape index (κ1) is 92.9. The average Bonchev–Trinajstić information content (AvgIpc) is 1.46. The molecule has 3 spiro atoms. The molecule has 1 aliphatic carbocycles. The van der Waals surface area contributed by atoms with E-state index in [1.54, 1.807) is 74.5 Å².